The lowest BCUT2D eigenvalue weighted by atomic mass is 10.0. The smallest absolute Gasteiger partial charge is 0.230 e. The van der Waals surface area contributed by atoms with Crippen LogP contribution in [0.25, 0.3) is 45.1 Å². The number of nitrogens with zero attached hydrogens (tertiary/aromatic N) is 2. The SMILES string of the molecule is Fc1ccccc1-c1nc2ccc(Cc3ccc4nc(-c5ccccc5F)oc4c3)cc2o1. The molecule has 0 radical (unpaired) electrons. The highest BCUT2D eigenvalue weighted by atomic mass is 19.1. The Kier molecular flexibility index (Phi) is 4.50. The molecule has 6 rings (SSSR count). The van der Waals surface area contributed by atoms with Gasteiger partial charge in [-0.2, -0.15) is 0 Å². The minimum Gasteiger partial charge on any atom is -0.436 e. The predicted octanol–water partition coefficient (Wildman–Crippen LogP) is 7.17. The van der Waals surface area contributed by atoms with Crippen molar-refractivity contribution in [3.8, 4) is 22.9 Å². The molecule has 0 saturated carbocycles. The molecule has 2 heterocycles. The highest BCUT2D eigenvalue weighted by Crippen LogP contribution is 2.29. The molecule has 0 N–H and O–H groups in total. The number of fused-ring (bicyclic) bond motifs is 2. The number of benzene rings is 4. The molecule has 2 aromatic heterocycles. The third-order valence-electron chi connectivity index (χ3n) is 5.52. The minimum absolute atomic E-state index is 0.254. The molecular weight excluding hydrogens is 422 g/mol. The van der Waals surface area contributed by atoms with Gasteiger partial charge in [-0.25, -0.2) is 18.7 Å². The van der Waals surface area contributed by atoms with Crippen LogP contribution >= 0.6 is 0 Å². The van der Waals surface area contributed by atoms with E-state index in [1.54, 1.807) is 36.4 Å². The van der Waals surface area contributed by atoms with Crippen LogP contribution < -0.4 is 0 Å². The highest BCUT2D eigenvalue weighted by molar-refractivity contribution is 5.78. The second kappa shape index (κ2) is 7.67. The van der Waals surface area contributed by atoms with E-state index in [9.17, 15) is 8.78 Å². The Morgan fingerprint density at radius 1 is 0.576 bits per heavy atom. The van der Waals surface area contributed by atoms with Gasteiger partial charge in [0.25, 0.3) is 0 Å². The number of hydrogen-bond acceptors (Lipinski definition) is 4. The zero-order valence-electron chi connectivity index (χ0n) is 17.3. The first-order valence-corrected chi connectivity index (χ1v) is 10.4. The largest absolute Gasteiger partial charge is 0.436 e. The van der Waals surface area contributed by atoms with Gasteiger partial charge in [0.05, 0.1) is 11.1 Å². The van der Waals surface area contributed by atoms with Crippen LogP contribution in [-0.2, 0) is 6.42 Å². The summed E-state index contributed by atoms with van der Waals surface area (Å²) in [5.74, 6) is -0.244. The summed E-state index contributed by atoms with van der Waals surface area (Å²) in [6, 6.07) is 24.3. The Labute approximate surface area is 187 Å². The van der Waals surface area contributed by atoms with Crippen LogP contribution in [0.1, 0.15) is 11.1 Å². The molecule has 0 spiro atoms. The standard InChI is InChI=1S/C27H16F2N2O2/c28-20-7-3-1-5-18(20)26-30-22-11-9-16(14-24(22)32-26)13-17-10-12-23-25(15-17)33-27(31-23)19-6-2-4-8-21(19)29/h1-12,14-15H,13H2. The summed E-state index contributed by atoms with van der Waals surface area (Å²) < 4.78 is 39.9. The molecular formula is C27H16F2N2O2. The maximum atomic E-state index is 14.1. The zero-order valence-corrected chi connectivity index (χ0v) is 17.3. The maximum absolute atomic E-state index is 14.1. The molecule has 4 aromatic carbocycles. The van der Waals surface area contributed by atoms with Crippen LogP contribution in [0.15, 0.2) is 93.8 Å². The molecule has 4 nitrogen and oxygen atoms in total. The fourth-order valence-electron chi connectivity index (χ4n) is 3.89. The van der Waals surface area contributed by atoms with E-state index in [1.165, 1.54) is 12.1 Å². The molecule has 33 heavy (non-hydrogen) atoms. The number of hydrogen-bond donors (Lipinski definition) is 0. The lowest BCUT2D eigenvalue weighted by Crippen LogP contribution is -1.87. The predicted molar refractivity (Wildman–Crippen MR) is 122 cm³/mol. The first-order chi connectivity index (χ1) is 16.1. The van der Waals surface area contributed by atoms with Gasteiger partial charge >= 0.3 is 0 Å². The molecule has 0 fully saturated rings. The summed E-state index contributed by atoms with van der Waals surface area (Å²) in [5, 5.41) is 0. The van der Waals surface area contributed by atoms with Crippen molar-refractivity contribution < 1.29 is 17.6 Å². The Balaban J connectivity index is 1.31. The molecule has 0 aliphatic heterocycles. The summed E-state index contributed by atoms with van der Waals surface area (Å²) >= 11 is 0. The number of oxazole rings is 2. The van der Waals surface area contributed by atoms with E-state index in [4.69, 9.17) is 8.83 Å². The Morgan fingerprint density at radius 2 is 1.03 bits per heavy atom. The monoisotopic (exact) mass is 438 g/mol. The van der Waals surface area contributed by atoms with Gasteiger partial charge in [0, 0.05) is 0 Å². The van der Waals surface area contributed by atoms with Crippen molar-refractivity contribution in [1.29, 1.82) is 0 Å². The van der Waals surface area contributed by atoms with Gasteiger partial charge in [-0.3, -0.25) is 0 Å². The number of halogens is 2. The number of aromatic nitrogens is 2. The van der Waals surface area contributed by atoms with Crippen molar-refractivity contribution in [3.63, 3.8) is 0 Å². The van der Waals surface area contributed by atoms with Crippen LogP contribution in [0, 0.1) is 11.6 Å². The summed E-state index contributed by atoms with van der Waals surface area (Å²) in [4.78, 5) is 8.82. The van der Waals surface area contributed by atoms with E-state index in [-0.39, 0.29) is 23.4 Å². The zero-order chi connectivity index (χ0) is 22.4. The van der Waals surface area contributed by atoms with E-state index in [1.807, 2.05) is 36.4 Å². The summed E-state index contributed by atoms with van der Waals surface area (Å²) in [5.41, 5.74) is 5.18. The Bertz CT molecular complexity index is 1510. The van der Waals surface area contributed by atoms with Gasteiger partial charge in [-0.1, -0.05) is 36.4 Å². The van der Waals surface area contributed by atoms with Crippen molar-refractivity contribution in [2.45, 2.75) is 6.42 Å². The van der Waals surface area contributed by atoms with Gasteiger partial charge in [0.1, 0.15) is 22.7 Å². The molecule has 0 atom stereocenters. The molecule has 0 aliphatic rings. The molecule has 0 bridgehead atoms. The lowest BCUT2D eigenvalue weighted by Gasteiger charge is -2.01. The first-order valence-electron chi connectivity index (χ1n) is 10.4. The van der Waals surface area contributed by atoms with Crippen molar-refractivity contribution in [3.05, 3.63) is 108 Å². The minimum atomic E-state index is -0.376. The Hall–Kier alpha value is -4.32. The summed E-state index contributed by atoms with van der Waals surface area (Å²) in [7, 11) is 0. The van der Waals surface area contributed by atoms with Gasteiger partial charge in [-0.05, 0) is 66.1 Å². The van der Waals surface area contributed by atoms with Gasteiger partial charge < -0.3 is 8.83 Å². The lowest BCUT2D eigenvalue weighted by molar-refractivity contribution is 0.593. The van der Waals surface area contributed by atoms with Crippen molar-refractivity contribution >= 4 is 22.2 Å². The third kappa shape index (κ3) is 3.55. The normalized spacial score (nSPS) is 11.5. The van der Waals surface area contributed by atoms with Crippen LogP contribution in [0.3, 0.4) is 0 Å². The molecule has 0 aliphatic carbocycles. The second-order valence-corrected chi connectivity index (χ2v) is 7.78. The first kappa shape index (κ1) is 19.4. The van der Waals surface area contributed by atoms with Gasteiger partial charge in [0.15, 0.2) is 11.2 Å². The van der Waals surface area contributed by atoms with Crippen LogP contribution in [0.5, 0.6) is 0 Å². The second-order valence-electron chi connectivity index (χ2n) is 7.78. The van der Waals surface area contributed by atoms with E-state index in [2.05, 4.69) is 9.97 Å². The average Bonchev–Trinajstić information content (AvgIpc) is 3.43. The molecule has 6 aromatic rings. The molecule has 160 valence electrons. The van der Waals surface area contributed by atoms with Gasteiger partial charge in [-0.15, -0.1) is 0 Å². The maximum Gasteiger partial charge on any atom is 0.230 e. The highest BCUT2D eigenvalue weighted by Gasteiger charge is 2.14. The quantitative estimate of drug-likeness (QED) is 0.293. The summed E-state index contributed by atoms with van der Waals surface area (Å²) in [6.45, 7) is 0. The van der Waals surface area contributed by atoms with Crippen LogP contribution in [0.2, 0.25) is 0 Å². The van der Waals surface area contributed by atoms with E-state index >= 15 is 0 Å². The van der Waals surface area contributed by atoms with E-state index in [0.29, 0.717) is 39.7 Å². The molecule has 6 heteroatoms. The topological polar surface area (TPSA) is 52.1 Å². The summed E-state index contributed by atoms with van der Waals surface area (Å²) in [6.07, 6.45) is 0.622. The van der Waals surface area contributed by atoms with Gasteiger partial charge in [0.2, 0.25) is 11.8 Å². The molecule has 0 unspecified atom stereocenters. The third-order valence-corrected chi connectivity index (χ3v) is 5.52. The van der Waals surface area contributed by atoms with Crippen molar-refractivity contribution in [1.82, 2.24) is 9.97 Å². The Morgan fingerprint density at radius 3 is 1.48 bits per heavy atom. The van der Waals surface area contributed by atoms with E-state index < -0.39 is 0 Å². The van der Waals surface area contributed by atoms with Crippen molar-refractivity contribution in [2.75, 3.05) is 0 Å². The van der Waals surface area contributed by atoms with Crippen LogP contribution in [-0.4, -0.2) is 9.97 Å². The fraction of sp³-hybridized carbons (Fsp3) is 0.0370. The van der Waals surface area contributed by atoms with E-state index in [0.717, 1.165) is 11.1 Å². The van der Waals surface area contributed by atoms with Crippen LogP contribution in [0.4, 0.5) is 8.78 Å². The van der Waals surface area contributed by atoms with Crippen molar-refractivity contribution in [2.24, 2.45) is 0 Å². The molecule has 0 saturated heterocycles. The number of rotatable bonds is 4. The average molecular weight is 438 g/mol. The molecule has 0 amide bonds. The fourth-order valence-corrected chi connectivity index (χ4v) is 3.89.